The molecule has 0 amide bonds. The molecule has 0 aliphatic carbocycles. The predicted molar refractivity (Wildman–Crippen MR) is 84.4 cm³/mol. The Kier molecular flexibility index (Phi) is 4.80. The first-order valence-corrected chi connectivity index (χ1v) is 7.04. The molecule has 20 heavy (non-hydrogen) atoms. The van der Waals surface area contributed by atoms with E-state index in [0.29, 0.717) is 12.5 Å². The Bertz CT molecular complexity index is 560. The summed E-state index contributed by atoms with van der Waals surface area (Å²) >= 11 is 0. The van der Waals surface area contributed by atoms with Crippen molar-refractivity contribution >= 4 is 0 Å². The number of hydrogen-bond donors (Lipinski definition) is 1. The van der Waals surface area contributed by atoms with Crippen molar-refractivity contribution in [2.45, 2.75) is 26.2 Å². The van der Waals surface area contributed by atoms with Crippen molar-refractivity contribution in [2.24, 2.45) is 5.73 Å². The quantitative estimate of drug-likeness (QED) is 0.900. The maximum atomic E-state index is 5.98. The minimum Gasteiger partial charge on any atom is -0.497 e. The fourth-order valence-electron chi connectivity index (χ4n) is 2.50. The standard InChI is InChI=1S/C18H23NO/c1-13-4-5-14(2)16(10-13)11-17(12-19)15-6-8-18(20-3)9-7-15/h4-10,17H,11-12,19H2,1-3H3. The van der Waals surface area contributed by atoms with Crippen LogP contribution in [0.3, 0.4) is 0 Å². The highest BCUT2D eigenvalue weighted by molar-refractivity contribution is 5.34. The van der Waals surface area contributed by atoms with Crippen molar-refractivity contribution in [1.29, 1.82) is 0 Å². The number of methoxy groups -OCH3 is 1. The molecule has 2 nitrogen and oxygen atoms in total. The largest absolute Gasteiger partial charge is 0.497 e. The molecule has 0 aromatic heterocycles. The van der Waals surface area contributed by atoms with Crippen molar-refractivity contribution in [3.8, 4) is 5.75 Å². The number of ether oxygens (including phenoxy) is 1. The van der Waals surface area contributed by atoms with Crippen LogP contribution in [0.15, 0.2) is 42.5 Å². The van der Waals surface area contributed by atoms with Crippen LogP contribution >= 0.6 is 0 Å². The minimum absolute atomic E-state index is 0.349. The van der Waals surface area contributed by atoms with Crippen molar-refractivity contribution in [3.63, 3.8) is 0 Å². The van der Waals surface area contributed by atoms with Gasteiger partial charge in [-0.1, -0.05) is 35.9 Å². The second-order valence-electron chi connectivity index (χ2n) is 5.34. The second kappa shape index (κ2) is 6.58. The summed E-state index contributed by atoms with van der Waals surface area (Å²) in [6, 6.07) is 14.8. The fraction of sp³-hybridized carbons (Fsp3) is 0.333. The van der Waals surface area contributed by atoms with Gasteiger partial charge in [-0.25, -0.2) is 0 Å². The maximum absolute atomic E-state index is 5.98. The molecule has 0 bridgehead atoms. The van der Waals surface area contributed by atoms with Gasteiger partial charge in [0.25, 0.3) is 0 Å². The van der Waals surface area contributed by atoms with Crippen LogP contribution in [0.2, 0.25) is 0 Å². The molecule has 0 spiro atoms. The van der Waals surface area contributed by atoms with E-state index in [2.05, 4.69) is 44.2 Å². The van der Waals surface area contributed by atoms with Gasteiger partial charge in [0.1, 0.15) is 5.75 Å². The Labute approximate surface area is 121 Å². The average molecular weight is 269 g/mol. The Morgan fingerprint density at radius 3 is 2.35 bits per heavy atom. The zero-order valence-electron chi connectivity index (χ0n) is 12.5. The molecule has 2 aromatic rings. The summed E-state index contributed by atoms with van der Waals surface area (Å²) in [4.78, 5) is 0. The summed E-state index contributed by atoms with van der Waals surface area (Å²) in [5.41, 5.74) is 11.3. The smallest absolute Gasteiger partial charge is 0.118 e. The molecule has 0 saturated carbocycles. The lowest BCUT2D eigenvalue weighted by molar-refractivity contribution is 0.414. The van der Waals surface area contributed by atoms with E-state index in [1.54, 1.807) is 7.11 Å². The van der Waals surface area contributed by atoms with Crippen molar-refractivity contribution in [3.05, 3.63) is 64.7 Å². The topological polar surface area (TPSA) is 35.2 Å². The van der Waals surface area contributed by atoms with Crippen LogP contribution in [0.5, 0.6) is 5.75 Å². The van der Waals surface area contributed by atoms with Gasteiger partial charge in [0.2, 0.25) is 0 Å². The Hall–Kier alpha value is -1.80. The first-order chi connectivity index (χ1) is 9.63. The van der Waals surface area contributed by atoms with Crippen molar-refractivity contribution < 1.29 is 4.74 Å². The molecule has 0 aliphatic rings. The zero-order valence-corrected chi connectivity index (χ0v) is 12.5. The van der Waals surface area contributed by atoms with Crippen LogP contribution in [0.4, 0.5) is 0 Å². The third kappa shape index (κ3) is 3.40. The van der Waals surface area contributed by atoms with E-state index in [1.807, 2.05) is 12.1 Å². The van der Waals surface area contributed by atoms with E-state index < -0.39 is 0 Å². The Morgan fingerprint density at radius 1 is 1.05 bits per heavy atom. The number of benzene rings is 2. The summed E-state index contributed by atoms with van der Waals surface area (Å²) in [5.74, 6) is 1.23. The van der Waals surface area contributed by atoms with Crippen LogP contribution in [-0.2, 0) is 6.42 Å². The number of nitrogens with two attached hydrogens (primary N) is 1. The van der Waals surface area contributed by atoms with Gasteiger partial charge in [-0.3, -0.25) is 0 Å². The highest BCUT2D eigenvalue weighted by atomic mass is 16.5. The van der Waals surface area contributed by atoms with E-state index in [9.17, 15) is 0 Å². The molecule has 2 rings (SSSR count). The van der Waals surface area contributed by atoms with Gasteiger partial charge < -0.3 is 10.5 Å². The molecule has 0 heterocycles. The van der Waals surface area contributed by atoms with Gasteiger partial charge in [-0.15, -0.1) is 0 Å². The summed E-state index contributed by atoms with van der Waals surface area (Å²) in [6.45, 7) is 4.95. The third-order valence-electron chi connectivity index (χ3n) is 3.84. The molecule has 106 valence electrons. The van der Waals surface area contributed by atoms with E-state index in [1.165, 1.54) is 22.3 Å². The summed E-state index contributed by atoms with van der Waals surface area (Å²) in [7, 11) is 1.69. The number of aryl methyl sites for hydroxylation is 2. The van der Waals surface area contributed by atoms with Gasteiger partial charge >= 0.3 is 0 Å². The molecule has 1 unspecified atom stereocenters. The SMILES string of the molecule is COc1ccc(C(CN)Cc2cc(C)ccc2C)cc1. The molecule has 2 aromatic carbocycles. The normalized spacial score (nSPS) is 12.2. The van der Waals surface area contributed by atoms with E-state index in [4.69, 9.17) is 10.5 Å². The van der Waals surface area contributed by atoms with Crippen molar-refractivity contribution in [1.82, 2.24) is 0 Å². The molecule has 0 radical (unpaired) electrons. The van der Waals surface area contributed by atoms with Crippen LogP contribution in [0.1, 0.15) is 28.2 Å². The fourth-order valence-corrected chi connectivity index (χ4v) is 2.50. The van der Waals surface area contributed by atoms with Gasteiger partial charge in [-0.05, 0) is 55.6 Å². The lowest BCUT2D eigenvalue weighted by Crippen LogP contribution is -2.15. The molecule has 2 N–H and O–H groups in total. The summed E-state index contributed by atoms with van der Waals surface area (Å²) in [5, 5.41) is 0. The monoisotopic (exact) mass is 269 g/mol. The van der Waals surface area contributed by atoms with Gasteiger partial charge in [0, 0.05) is 5.92 Å². The maximum Gasteiger partial charge on any atom is 0.118 e. The number of hydrogen-bond acceptors (Lipinski definition) is 2. The highest BCUT2D eigenvalue weighted by Crippen LogP contribution is 2.24. The van der Waals surface area contributed by atoms with Gasteiger partial charge in [0.15, 0.2) is 0 Å². The summed E-state index contributed by atoms with van der Waals surface area (Å²) < 4.78 is 5.20. The predicted octanol–water partition coefficient (Wildman–Crippen LogP) is 3.60. The first kappa shape index (κ1) is 14.6. The first-order valence-electron chi connectivity index (χ1n) is 7.04. The Morgan fingerprint density at radius 2 is 1.75 bits per heavy atom. The van der Waals surface area contributed by atoms with Crippen LogP contribution in [0.25, 0.3) is 0 Å². The summed E-state index contributed by atoms with van der Waals surface area (Å²) in [6.07, 6.45) is 0.982. The van der Waals surface area contributed by atoms with Crippen LogP contribution < -0.4 is 10.5 Å². The third-order valence-corrected chi connectivity index (χ3v) is 3.84. The van der Waals surface area contributed by atoms with E-state index in [-0.39, 0.29) is 0 Å². The molecule has 2 heteroatoms. The zero-order chi connectivity index (χ0) is 14.5. The van der Waals surface area contributed by atoms with Crippen molar-refractivity contribution in [2.75, 3.05) is 13.7 Å². The lowest BCUT2D eigenvalue weighted by Gasteiger charge is -2.17. The highest BCUT2D eigenvalue weighted by Gasteiger charge is 2.12. The lowest BCUT2D eigenvalue weighted by atomic mass is 9.89. The Balaban J connectivity index is 2.21. The van der Waals surface area contributed by atoms with Gasteiger partial charge in [-0.2, -0.15) is 0 Å². The molecule has 1 atom stereocenters. The van der Waals surface area contributed by atoms with Crippen LogP contribution in [-0.4, -0.2) is 13.7 Å². The van der Waals surface area contributed by atoms with Gasteiger partial charge in [0.05, 0.1) is 7.11 Å². The second-order valence-corrected chi connectivity index (χ2v) is 5.34. The minimum atomic E-state index is 0.349. The van der Waals surface area contributed by atoms with E-state index >= 15 is 0 Å². The van der Waals surface area contributed by atoms with E-state index in [0.717, 1.165) is 12.2 Å². The molecular formula is C18H23NO. The molecular weight excluding hydrogens is 246 g/mol. The molecule has 0 aliphatic heterocycles. The number of rotatable bonds is 5. The molecule has 0 fully saturated rings. The van der Waals surface area contributed by atoms with Crippen LogP contribution in [0, 0.1) is 13.8 Å². The molecule has 0 saturated heterocycles. The average Bonchev–Trinajstić information content (AvgIpc) is 2.48.